The van der Waals surface area contributed by atoms with Crippen LogP contribution in [0.2, 0.25) is 0 Å². The summed E-state index contributed by atoms with van der Waals surface area (Å²) in [4.78, 5) is 17.7. The highest BCUT2D eigenvalue weighted by molar-refractivity contribution is 7.62. The van der Waals surface area contributed by atoms with E-state index in [2.05, 4.69) is 14.3 Å². The van der Waals surface area contributed by atoms with Crippen molar-refractivity contribution in [3.05, 3.63) is 30.1 Å². The summed E-state index contributed by atoms with van der Waals surface area (Å²) in [5, 5.41) is 0. The molecule has 1 heterocycles. The van der Waals surface area contributed by atoms with E-state index in [1.807, 2.05) is 0 Å². The SMILES string of the molecule is O=C(N=S(=O)=O)c1nc2ccccc2[nH]1. The summed E-state index contributed by atoms with van der Waals surface area (Å²) in [5.74, 6) is -0.986. The zero-order valence-corrected chi connectivity index (χ0v) is 8.15. The molecule has 0 radical (unpaired) electrons. The molecule has 6 nitrogen and oxygen atoms in total. The summed E-state index contributed by atoms with van der Waals surface area (Å²) in [7, 11) is -2.75. The molecule has 1 N–H and O–H groups in total. The molecular weight excluding hydrogens is 218 g/mol. The number of benzene rings is 1. The van der Waals surface area contributed by atoms with Crippen molar-refractivity contribution in [2.24, 2.45) is 4.36 Å². The second-order valence-electron chi connectivity index (χ2n) is 2.72. The number of amides is 1. The van der Waals surface area contributed by atoms with Gasteiger partial charge in [-0.25, -0.2) is 4.98 Å². The van der Waals surface area contributed by atoms with Gasteiger partial charge in [-0.3, -0.25) is 4.79 Å². The van der Waals surface area contributed by atoms with Crippen LogP contribution in [0.5, 0.6) is 0 Å². The van der Waals surface area contributed by atoms with Crippen molar-refractivity contribution in [2.45, 2.75) is 0 Å². The molecule has 15 heavy (non-hydrogen) atoms. The van der Waals surface area contributed by atoms with E-state index in [0.29, 0.717) is 11.0 Å². The molecule has 0 aliphatic carbocycles. The van der Waals surface area contributed by atoms with E-state index in [1.54, 1.807) is 24.3 Å². The molecule has 0 unspecified atom stereocenters. The van der Waals surface area contributed by atoms with Gasteiger partial charge in [0.25, 0.3) is 0 Å². The molecule has 0 saturated carbocycles. The first-order valence-electron chi connectivity index (χ1n) is 3.97. The molecule has 0 fully saturated rings. The Morgan fingerprint density at radius 1 is 1.33 bits per heavy atom. The summed E-state index contributed by atoms with van der Waals surface area (Å²) in [6.45, 7) is 0. The normalized spacial score (nSPS) is 10.1. The van der Waals surface area contributed by atoms with Crippen LogP contribution in [-0.2, 0) is 10.5 Å². The molecule has 1 aromatic heterocycles. The molecule has 2 aromatic rings. The van der Waals surface area contributed by atoms with Crippen molar-refractivity contribution < 1.29 is 13.2 Å². The van der Waals surface area contributed by atoms with Gasteiger partial charge < -0.3 is 4.98 Å². The molecule has 1 amide bonds. The van der Waals surface area contributed by atoms with Crippen molar-refractivity contribution in [3.63, 3.8) is 0 Å². The van der Waals surface area contributed by atoms with E-state index < -0.39 is 16.4 Å². The van der Waals surface area contributed by atoms with Crippen LogP contribution < -0.4 is 0 Å². The van der Waals surface area contributed by atoms with E-state index in [0.717, 1.165) is 0 Å². The Labute approximate surface area is 85.7 Å². The maximum atomic E-state index is 11.2. The number of fused-ring (bicyclic) bond motifs is 1. The maximum Gasteiger partial charge on any atom is 0.327 e. The minimum Gasteiger partial charge on any atom is -0.334 e. The molecule has 7 heteroatoms. The summed E-state index contributed by atoms with van der Waals surface area (Å²) < 4.78 is 23.2. The van der Waals surface area contributed by atoms with E-state index in [-0.39, 0.29) is 5.82 Å². The number of carbonyl (C=O) groups is 1. The molecule has 1 aromatic carbocycles. The van der Waals surface area contributed by atoms with Gasteiger partial charge in [0.05, 0.1) is 11.0 Å². The Morgan fingerprint density at radius 2 is 2.07 bits per heavy atom. The second kappa shape index (κ2) is 3.62. The Hall–Kier alpha value is -2.02. The smallest absolute Gasteiger partial charge is 0.327 e. The van der Waals surface area contributed by atoms with E-state index in [4.69, 9.17) is 0 Å². The van der Waals surface area contributed by atoms with Crippen LogP contribution in [-0.4, -0.2) is 24.3 Å². The van der Waals surface area contributed by atoms with Gasteiger partial charge in [-0.1, -0.05) is 16.5 Å². The van der Waals surface area contributed by atoms with Crippen LogP contribution >= 0.6 is 0 Å². The van der Waals surface area contributed by atoms with Gasteiger partial charge in [0.15, 0.2) is 0 Å². The molecule has 0 bridgehead atoms. The molecule has 0 atom stereocenters. The van der Waals surface area contributed by atoms with Gasteiger partial charge >= 0.3 is 16.4 Å². The number of carbonyl (C=O) groups excluding carboxylic acids is 1. The number of nitrogens with zero attached hydrogens (tertiary/aromatic N) is 2. The zero-order chi connectivity index (χ0) is 10.8. The first-order valence-corrected chi connectivity index (χ1v) is 5.00. The fourth-order valence-corrected chi connectivity index (χ4v) is 1.39. The number of aromatic amines is 1. The summed E-state index contributed by atoms with van der Waals surface area (Å²) in [6.07, 6.45) is 0. The highest BCUT2D eigenvalue weighted by Gasteiger charge is 2.10. The Bertz CT molecular complexity index is 616. The third kappa shape index (κ3) is 1.91. The Morgan fingerprint density at radius 3 is 2.73 bits per heavy atom. The Balaban J connectivity index is 2.54. The average molecular weight is 223 g/mol. The lowest BCUT2D eigenvalue weighted by atomic mass is 10.3. The molecule has 0 aliphatic rings. The van der Waals surface area contributed by atoms with E-state index >= 15 is 0 Å². The van der Waals surface area contributed by atoms with Crippen LogP contribution in [0.3, 0.4) is 0 Å². The third-order valence-electron chi connectivity index (χ3n) is 1.75. The predicted molar refractivity (Wildman–Crippen MR) is 51.8 cm³/mol. The topological polar surface area (TPSA) is 92.2 Å². The first-order chi connectivity index (χ1) is 7.16. The molecule has 0 spiro atoms. The summed E-state index contributed by atoms with van der Waals surface area (Å²) in [6, 6.07) is 6.97. The fourth-order valence-electron chi connectivity index (χ4n) is 1.17. The summed E-state index contributed by atoms with van der Waals surface area (Å²) >= 11 is 0. The molecular formula is C8H5N3O3S. The number of hydrogen-bond donors (Lipinski definition) is 1. The van der Waals surface area contributed by atoms with Crippen LogP contribution in [0.1, 0.15) is 10.6 Å². The number of nitrogens with one attached hydrogen (secondary N) is 1. The van der Waals surface area contributed by atoms with Crippen molar-refractivity contribution in [1.82, 2.24) is 9.97 Å². The van der Waals surface area contributed by atoms with Gasteiger partial charge in [-0.2, -0.15) is 8.42 Å². The van der Waals surface area contributed by atoms with Crippen molar-refractivity contribution in [2.75, 3.05) is 0 Å². The fraction of sp³-hybridized carbons (Fsp3) is 0. The highest BCUT2D eigenvalue weighted by atomic mass is 32.2. The number of aromatic nitrogens is 2. The van der Waals surface area contributed by atoms with E-state index in [1.165, 1.54) is 0 Å². The minimum absolute atomic E-state index is 0.0830. The van der Waals surface area contributed by atoms with Gasteiger partial charge in [0.2, 0.25) is 5.82 Å². The zero-order valence-electron chi connectivity index (χ0n) is 7.34. The van der Waals surface area contributed by atoms with Crippen LogP contribution in [0.15, 0.2) is 28.6 Å². The minimum atomic E-state index is -2.75. The molecule has 0 saturated heterocycles. The largest absolute Gasteiger partial charge is 0.334 e. The quantitative estimate of drug-likeness (QED) is 0.772. The van der Waals surface area contributed by atoms with Crippen LogP contribution in [0.4, 0.5) is 0 Å². The van der Waals surface area contributed by atoms with Crippen LogP contribution in [0.25, 0.3) is 11.0 Å². The van der Waals surface area contributed by atoms with E-state index in [9.17, 15) is 13.2 Å². The molecule has 2 rings (SSSR count). The second-order valence-corrected chi connectivity index (χ2v) is 3.33. The first kappa shape index (κ1) is 9.53. The number of para-hydroxylation sites is 2. The monoisotopic (exact) mass is 223 g/mol. The lowest BCUT2D eigenvalue weighted by molar-refractivity contribution is 0.0996. The van der Waals surface area contributed by atoms with Gasteiger partial charge in [0, 0.05) is 0 Å². The maximum absolute atomic E-state index is 11.2. The van der Waals surface area contributed by atoms with Gasteiger partial charge in [0.1, 0.15) is 0 Å². The lowest BCUT2D eigenvalue weighted by Crippen LogP contribution is -1.96. The van der Waals surface area contributed by atoms with Crippen molar-refractivity contribution in [3.8, 4) is 0 Å². The highest BCUT2D eigenvalue weighted by Crippen LogP contribution is 2.10. The number of imidazole rings is 1. The number of hydrogen-bond acceptors (Lipinski definition) is 4. The predicted octanol–water partition coefficient (Wildman–Crippen LogP) is 0.766. The third-order valence-corrected chi connectivity index (χ3v) is 2.06. The lowest BCUT2D eigenvalue weighted by Gasteiger charge is -1.82. The number of rotatable bonds is 1. The average Bonchev–Trinajstić information content (AvgIpc) is 2.59. The summed E-state index contributed by atoms with van der Waals surface area (Å²) in [5.41, 5.74) is 1.25. The van der Waals surface area contributed by atoms with Gasteiger partial charge in [-0.05, 0) is 12.1 Å². The molecule has 0 aliphatic heterocycles. The van der Waals surface area contributed by atoms with Crippen LogP contribution in [0, 0.1) is 0 Å². The van der Waals surface area contributed by atoms with Crippen molar-refractivity contribution >= 4 is 27.4 Å². The standard InChI is InChI=1S/C8H5N3O3S/c12-8(11-15(13)14)7-9-5-3-1-2-4-6(5)10-7/h1-4H,(H,9,10). The van der Waals surface area contributed by atoms with Crippen molar-refractivity contribution in [1.29, 1.82) is 0 Å². The molecule has 76 valence electrons. The van der Waals surface area contributed by atoms with Gasteiger partial charge in [-0.15, -0.1) is 0 Å². The number of H-pyrrole nitrogens is 1. The Kier molecular flexibility index (Phi) is 2.30.